The molecule has 5 heteroatoms. The highest BCUT2D eigenvalue weighted by molar-refractivity contribution is 9.10. The Morgan fingerprint density at radius 3 is 2.28 bits per heavy atom. The maximum atomic E-state index is 12.8. The fourth-order valence-electron chi connectivity index (χ4n) is 3.92. The van der Waals surface area contributed by atoms with E-state index in [2.05, 4.69) is 28.1 Å². The van der Waals surface area contributed by atoms with Gasteiger partial charge in [-0.3, -0.25) is 9.59 Å². The maximum absolute atomic E-state index is 12.8. The Kier molecular flexibility index (Phi) is 5.82. The van der Waals surface area contributed by atoms with Crippen molar-refractivity contribution in [1.29, 1.82) is 0 Å². The van der Waals surface area contributed by atoms with Gasteiger partial charge in [-0.1, -0.05) is 28.1 Å². The zero-order valence-corrected chi connectivity index (χ0v) is 16.7. The topological polar surface area (TPSA) is 40.6 Å². The molecule has 2 unspecified atom stereocenters. The van der Waals surface area contributed by atoms with Gasteiger partial charge in [-0.05, 0) is 56.7 Å². The second-order valence-electron chi connectivity index (χ2n) is 7.11. The van der Waals surface area contributed by atoms with Crippen molar-refractivity contribution >= 4 is 27.7 Å². The molecule has 2 amide bonds. The van der Waals surface area contributed by atoms with Gasteiger partial charge in [0.05, 0.1) is 0 Å². The number of hydrogen-bond acceptors (Lipinski definition) is 2. The number of likely N-dealkylation sites (tertiary alicyclic amines) is 1. The summed E-state index contributed by atoms with van der Waals surface area (Å²) < 4.78 is 1.07. The molecule has 1 aromatic carbocycles. The predicted molar refractivity (Wildman–Crippen MR) is 102 cm³/mol. The molecule has 2 atom stereocenters. The molecule has 1 aliphatic heterocycles. The van der Waals surface area contributed by atoms with Crippen LogP contribution in [0.5, 0.6) is 0 Å². The number of amides is 2. The molecule has 2 aliphatic rings. The number of nitrogens with zero attached hydrogens (tertiary/aromatic N) is 2. The van der Waals surface area contributed by atoms with E-state index in [-0.39, 0.29) is 23.7 Å². The molecule has 1 heterocycles. The lowest BCUT2D eigenvalue weighted by molar-refractivity contribution is -0.141. The third kappa shape index (κ3) is 4.08. The van der Waals surface area contributed by atoms with Gasteiger partial charge in [-0.25, -0.2) is 0 Å². The molecule has 4 nitrogen and oxygen atoms in total. The standard InChI is InChI=1S/C20H27BrN2O2/c1-3-22(4-2)19(24)15-9-11-23(12-10-15)20(25)18-13-17(18)14-5-7-16(21)8-6-14/h5-8,15,17-18H,3-4,9-13H2,1-2H3. The number of rotatable bonds is 5. The Balaban J connectivity index is 1.51. The van der Waals surface area contributed by atoms with Crippen LogP contribution in [0.2, 0.25) is 0 Å². The van der Waals surface area contributed by atoms with Gasteiger partial charge < -0.3 is 9.80 Å². The minimum absolute atomic E-state index is 0.0884. The molecular formula is C20H27BrN2O2. The molecule has 0 radical (unpaired) electrons. The number of carbonyl (C=O) groups excluding carboxylic acids is 2. The summed E-state index contributed by atoms with van der Waals surface area (Å²) in [5.74, 6) is 1.13. The van der Waals surface area contributed by atoms with Crippen LogP contribution in [0, 0.1) is 11.8 Å². The first-order valence-corrected chi connectivity index (χ1v) is 10.2. The van der Waals surface area contributed by atoms with Gasteiger partial charge in [-0.2, -0.15) is 0 Å². The van der Waals surface area contributed by atoms with Crippen LogP contribution < -0.4 is 0 Å². The second kappa shape index (κ2) is 7.90. The molecule has 1 aliphatic carbocycles. The van der Waals surface area contributed by atoms with E-state index in [1.165, 1.54) is 5.56 Å². The molecule has 0 N–H and O–H groups in total. The van der Waals surface area contributed by atoms with Crippen LogP contribution in [0.15, 0.2) is 28.7 Å². The quantitative estimate of drug-likeness (QED) is 0.748. The number of carbonyl (C=O) groups is 2. The fraction of sp³-hybridized carbons (Fsp3) is 0.600. The summed E-state index contributed by atoms with van der Waals surface area (Å²) in [6.07, 6.45) is 2.56. The summed E-state index contributed by atoms with van der Waals surface area (Å²) in [5.41, 5.74) is 1.26. The number of halogens is 1. The molecule has 0 spiro atoms. The SMILES string of the molecule is CCN(CC)C(=O)C1CCN(C(=O)C2CC2c2ccc(Br)cc2)CC1. The molecule has 0 aromatic heterocycles. The average molecular weight is 407 g/mol. The third-order valence-electron chi connectivity index (χ3n) is 5.64. The van der Waals surface area contributed by atoms with E-state index < -0.39 is 0 Å². The number of benzene rings is 1. The summed E-state index contributed by atoms with van der Waals surface area (Å²) >= 11 is 3.45. The number of piperidine rings is 1. The summed E-state index contributed by atoms with van der Waals surface area (Å²) in [6, 6.07) is 8.30. The maximum Gasteiger partial charge on any atom is 0.226 e. The van der Waals surface area contributed by atoms with Crippen LogP contribution in [-0.4, -0.2) is 47.8 Å². The van der Waals surface area contributed by atoms with E-state index in [1.54, 1.807) is 0 Å². The molecule has 1 saturated carbocycles. The van der Waals surface area contributed by atoms with E-state index in [0.717, 1.165) is 49.9 Å². The van der Waals surface area contributed by atoms with Gasteiger partial charge in [0.1, 0.15) is 0 Å². The lowest BCUT2D eigenvalue weighted by Crippen LogP contribution is -2.44. The second-order valence-corrected chi connectivity index (χ2v) is 8.03. The van der Waals surface area contributed by atoms with E-state index >= 15 is 0 Å². The zero-order valence-electron chi connectivity index (χ0n) is 15.1. The first-order valence-electron chi connectivity index (χ1n) is 9.38. The van der Waals surface area contributed by atoms with Crippen LogP contribution in [-0.2, 0) is 9.59 Å². The van der Waals surface area contributed by atoms with Crippen molar-refractivity contribution in [2.24, 2.45) is 11.8 Å². The lowest BCUT2D eigenvalue weighted by Gasteiger charge is -2.34. The summed E-state index contributed by atoms with van der Waals surface area (Å²) in [7, 11) is 0. The van der Waals surface area contributed by atoms with E-state index in [9.17, 15) is 9.59 Å². The van der Waals surface area contributed by atoms with Gasteiger partial charge >= 0.3 is 0 Å². The van der Waals surface area contributed by atoms with Crippen molar-refractivity contribution in [2.45, 2.75) is 39.0 Å². The van der Waals surface area contributed by atoms with Gasteiger partial charge in [0.25, 0.3) is 0 Å². The Hall–Kier alpha value is -1.36. The minimum atomic E-state index is 0.0884. The normalized spacial score (nSPS) is 23.4. The molecule has 2 fully saturated rings. The average Bonchev–Trinajstić information content (AvgIpc) is 3.43. The molecular weight excluding hydrogens is 380 g/mol. The lowest BCUT2D eigenvalue weighted by atomic mass is 9.94. The summed E-state index contributed by atoms with van der Waals surface area (Å²) in [5, 5.41) is 0. The largest absolute Gasteiger partial charge is 0.343 e. The zero-order chi connectivity index (χ0) is 18.0. The van der Waals surface area contributed by atoms with Gasteiger partial charge in [0.15, 0.2) is 0 Å². The third-order valence-corrected chi connectivity index (χ3v) is 6.17. The minimum Gasteiger partial charge on any atom is -0.343 e. The first kappa shape index (κ1) is 18.4. The van der Waals surface area contributed by atoms with Crippen LogP contribution in [0.4, 0.5) is 0 Å². The van der Waals surface area contributed by atoms with Crippen molar-refractivity contribution in [3.8, 4) is 0 Å². The Bertz CT molecular complexity index is 619. The van der Waals surface area contributed by atoms with Crippen molar-refractivity contribution in [3.05, 3.63) is 34.3 Å². The van der Waals surface area contributed by atoms with Crippen LogP contribution >= 0.6 is 15.9 Å². The molecule has 0 bridgehead atoms. The molecule has 1 aromatic rings. The van der Waals surface area contributed by atoms with Crippen molar-refractivity contribution in [1.82, 2.24) is 9.80 Å². The van der Waals surface area contributed by atoms with Gasteiger partial charge in [0.2, 0.25) is 11.8 Å². The van der Waals surface area contributed by atoms with Crippen LogP contribution in [0.3, 0.4) is 0 Å². The van der Waals surface area contributed by atoms with Crippen LogP contribution in [0.1, 0.15) is 44.6 Å². The fourth-order valence-corrected chi connectivity index (χ4v) is 4.19. The smallest absolute Gasteiger partial charge is 0.226 e. The molecule has 3 rings (SSSR count). The molecule has 25 heavy (non-hydrogen) atoms. The van der Waals surface area contributed by atoms with Gasteiger partial charge in [0, 0.05) is 42.5 Å². The summed E-state index contributed by atoms with van der Waals surface area (Å²) in [6.45, 7) is 7.03. The van der Waals surface area contributed by atoms with Gasteiger partial charge in [-0.15, -0.1) is 0 Å². The summed E-state index contributed by atoms with van der Waals surface area (Å²) in [4.78, 5) is 29.1. The Morgan fingerprint density at radius 1 is 1.12 bits per heavy atom. The van der Waals surface area contributed by atoms with Crippen molar-refractivity contribution in [2.75, 3.05) is 26.2 Å². The first-order chi connectivity index (χ1) is 12.0. The van der Waals surface area contributed by atoms with Crippen molar-refractivity contribution < 1.29 is 9.59 Å². The highest BCUT2D eigenvalue weighted by Crippen LogP contribution is 2.48. The van der Waals surface area contributed by atoms with Crippen molar-refractivity contribution in [3.63, 3.8) is 0 Å². The monoisotopic (exact) mass is 406 g/mol. The predicted octanol–water partition coefficient (Wildman–Crippen LogP) is 3.66. The molecule has 136 valence electrons. The van der Waals surface area contributed by atoms with E-state index in [1.807, 2.05) is 35.8 Å². The van der Waals surface area contributed by atoms with Crippen LogP contribution in [0.25, 0.3) is 0 Å². The highest BCUT2D eigenvalue weighted by Gasteiger charge is 2.46. The number of hydrogen-bond donors (Lipinski definition) is 0. The molecule has 1 saturated heterocycles. The Morgan fingerprint density at radius 2 is 1.72 bits per heavy atom. The van der Waals surface area contributed by atoms with E-state index in [0.29, 0.717) is 5.92 Å². The van der Waals surface area contributed by atoms with E-state index in [4.69, 9.17) is 0 Å². The Labute approximate surface area is 158 Å². The highest BCUT2D eigenvalue weighted by atomic mass is 79.9.